The molecule has 0 saturated carbocycles. The van der Waals surface area contributed by atoms with Gasteiger partial charge in [-0.15, -0.1) is 11.3 Å². The SMILES string of the molecule is c1ccc(C2=NC(c3ccccc3-n3c4ccccc4c4cc5sc6c(-c7ccccc7)cccc6c5cc43)NC(c3ccc(-c4ccccc4)cc3)N2)cc1. The molecule has 56 heavy (non-hydrogen) atoms. The van der Waals surface area contributed by atoms with Gasteiger partial charge >= 0.3 is 0 Å². The molecule has 0 aliphatic carbocycles. The number of amidine groups is 1. The fourth-order valence-electron chi connectivity index (χ4n) is 8.42. The molecule has 266 valence electrons. The van der Waals surface area contributed by atoms with Crippen LogP contribution >= 0.6 is 11.3 Å². The Balaban J connectivity index is 1.08. The second kappa shape index (κ2) is 13.5. The van der Waals surface area contributed by atoms with Gasteiger partial charge in [0.2, 0.25) is 0 Å². The van der Waals surface area contributed by atoms with Crippen LogP contribution in [0.5, 0.6) is 0 Å². The molecule has 11 rings (SSSR count). The zero-order chi connectivity index (χ0) is 37.0. The molecule has 2 aromatic heterocycles. The van der Waals surface area contributed by atoms with Gasteiger partial charge in [-0.25, -0.2) is 4.99 Å². The fourth-order valence-corrected chi connectivity index (χ4v) is 9.68. The van der Waals surface area contributed by atoms with Crippen LogP contribution in [0.15, 0.2) is 199 Å². The van der Waals surface area contributed by atoms with Crippen LogP contribution in [0.2, 0.25) is 0 Å². The number of para-hydroxylation sites is 2. The van der Waals surface area contributed by atoms with Gasteiger partial charge in [-0.1, -0.05) is 170 Å². The van der Waals surface area contributed by atoms with E-state index in [0.717, 1.165) is 28.2 Å². The summed E-state index contributed by atoms with van der Waals surface area (Å²) in [5, 5.41) is 12.7. The minimum absolute atomic E-state index is 0.167. The third-order valence-corrected chi connectivity index (χ3v) is 12.3. The van der Waals surface area contributed by atoms with Crippen molar-refractivity contribution in [2.75, 3.05) is 0 Å². The second-order valence-electron chi connectivity index (χ2n) is 14.4. The Bertz CT molecular complexity index is 3070. The fraction of sp³-hybridized carbons (Fsp3) is 0.0392. The maximum absolute atomic E-state index is 5.40. The molecule has 8 aromatic carbocycles. The highest BCUT2D eigenvalue weighted by atomic mass is 32.1. The Hall–Kier alpha value is -6.79. The van der Waals surface area contributed by atoms with Crippen molar-refractivity contribution in [3.8, 4) is 27.9 Å². The van der Waals surface area contributed by atoms with Crippen LogP contribution in [-0.2, 0) is 0 Å². The normalized spacial score (nSPS) is 15.7. The average molecular weight is 737 g/mol. The van der Waals surface area contributed by atoms with E-state index in [-0.39, 0.29) is 12.3 Å². The highest BCUT2D eigenvalue weighted by Crippen LogP contribution is 2.44. The quantitative estimate of drug-likeness (QED) is 0.178. The summed E-state index contributed by atoms with van der Waals surface area (Å²) in [6.45, 7) is 0. The number of aromatic nitrogens is 1. The van der Waals surface area contributed by atoms with Gasteiger partial charge in [-0.2, -0.15) is 0 Å². The summed E-state index contributed by atoms with van der Waals surface area (Å²) >= 11 is 1.89. The summed E-state index contributed by atoms with van der Waals surface area (Å²) in [5.74, 6) is 0.865. The molecule has 10 aromatic rings. The summed E-state index contributed by atoms with van der Waals surface area (Å²) < 4.78 is 5.07. The van der Waals surface area contributed by atoms with Gasteiger partial charge in [-0.05, 0) is 52.1 Å². The maximum atomic E-state index is 5.40. The number of aliphatic imine (C=N–C) groups is 1. The smallest absolute Gasteiger partial charge is 0.131 e. The largest absolute Gasteiger partial charge is 0.350 e. The molecule has 0 saturated heterocycles. The van der Waals surface area contributed by atoms with E-state index in [1.807, 2.05) is 11.3 Å². The standard InChI is InChI=1S/C51H36N4S/c1-4-15-33(16-5-1)34-27-29-37(30-28-34)50-52-49(36-19-8-3-9-20-36)53-51(54-50)41-22-11-13-26-45(41)55-44-25-12-10-21-39(44)42-32-47-43(31-46(42)55)40-24-14-23-38(48(40)56-47)35-17-6-2-7-18-35/h1-32,50-51,54H,(H,52,53). The number of rotatable bonds is 6. The van der Waals surface area contributed by atoms with Crippen LogP contribution in [0, 0.1) is 0 Å². The third kappa shape index (κ3) is 5.51. The molecule has 0 radical (unpaired) electrons. The molecule has 1 aliphatic heterocycles. The van der Waals surface area contributed by atoms with E-state index >= 15 is 0 Å². The lowest BCUT2D eigenvalue weighted by atomic mass is 10.0. The molecule has 2 atom stereocenters. The Morgan fingerprint density at radius 1 is 0.482 bits per heavy atom. The molecule has 2 N–H and O–H groups in total. The van der Waals surface area contributed by atoms with Crippen molar-refractivity contribution < 1.29 is 0 Å². The zero-order valence-electron chi connectivity index (χ0n) is 30.4. The summed E-state index contributed by atoms with van der Waals surface area (Å²) in [7, 11) is 0. The molecular formula is C51H36N4S. The first-order chi connectivity index (χ1) is 27.8. The number of hydrogen-bond donors (Lipinski definition) is 2. The molecule has 0 spiro atoms. The summed E-state index contributed by atoms with van der Waals surface area (Å²) in [6.07, 6.45) is -0.490. The molecule has 0 amide bonds. The number of nitrogens with one attached hydrogen (secondary N) is 2. The summed E-state index contributed by atoms with van der Waals surface area (Å²) in [5.41, 5.74) is 11.7. The van der Waals surface area contributed by atoms with Crippen molar-refractivity contribution >= 4 is 59.2 Å². The average Bonchev–Trinajstić information content (AvgIpc) is 3.81. The molecule has 5 heteroatoms. The van der Waals surface area contributed by atoms with E-state index < -0.39 is 0 Å². The first-order valence-corrected chi connectivity index (χ1v) is 19.9. The highest BCUT2D eigenvalue weighted by molar-refractivity contribution is 7.26. The van der Waals surface area contributed by atoms with Crippen LogP contribution in [0.3, 0.4) is 0 Å². The van der Waals surface area contributed by atoms with E-state index in [1.165, 1.54) is 64.2 Å². The van der Waals surface area contributed by atoms with Gasteiger partial charge in [0.25, 0.3) is 0 Å². The first kappa shape index (κ1) is 32.6. The van der Waals surface area contributed by atoms with Crippen molar-refractivity contribution in [1.82, 2.24) is 15.2 Å². The van der Waals surface area contributed by atoms with Gasteiger partial charge in [0.1, 0.15) is 18.2 Å². The molecule has 4 nitrogen and oxygen atoms in total. The van der Waals surface area contributed by atoms with Crippen molar-refractivity contribution in [2.24, 2.45) is 4.99 Å². The molecule has 3 heterocycles. The van der Waals surface area contributed by atoms with Gasteiger partial charge in [0.15, 0.2) is 0 Å². The van der Waals surface area contributed by atoms with E-state index in [4.69, 9.17) is 4.99 Å². The highest BCUT2D eigenvalue weighted by Gasteiger charge is 2.28. The predicted molar refractivity (Wildman–Crippen MR) is 236 cm³/mol. The number of thiophene rings is 1. The van der Waals surface area contributed by atoms with Gasteiger partial charge in [0.05, 0.1) is 16.7 Å². The number of benzene rings is 8. The number of fused-ring (bicyclic) bond motifs is 6. The Labute approximate surface area is 329 Å². The lowest BCUT2D eigenvalue weighted by Crippen LogP contribution is -2.45. The minimum atomic E-state index is -0.322. The minimum Gasteiger partial charge on any atom is -0.350 e. The monoisotopic (exact) mass is 736 g/mol. The van der Waals surface area contributed by atoms with Crippen LogP contribution in [0.25, 0.3) is 69.9 Å². The summed E-state index contributed by atoms with van der Waals surface area (Å²) in [4.78, 5) is 5.40. The van der Waals surface area contributed by atoms with Crippen LogP contribution < -0.4 is 10.6 Å². The maximum Gasteiger partial charge on any atom is 0.131 e. The van der Waals surface area contributed by atoms with Crippen molar-refractivity contribution in [1.29, 1.82) is 0 Å². The summed E-state index contributed by atoms with van der Waals surface area (Å²) in [6, 6.07) is 69.7. The van der Waals surface area contributed by atoms with Gasteiger partial charge in [-0.3, -0.25) is 5.32 Å². The number of hydrogen-bond acceptors (Lipinski definition) is 4. The molecular weight excluding hydrogens is 701 g/mol. The first-order valence-electron chi connectivity index (χ1n) is 19.1. The van der Waals surface area contributed by atoms with Crippen molar-refractivity contribution in [3.05, 3.63) is 211 Å². The van der Waals surface area contributed by atoms with Gasteiger partial charge < -0.3 is 9.88 Å². The van der Waals surface area contributed by atoms with E-state index in [0.29, 0.717) is 0 Å². The number of nitrogens with zero attached hydrogens (tertiary/aromatic N) is 2. The molecule has 0 bridgehead atoms. The van der Waals surface area contributed by atoms with Crippen LogP contribution in [-0.4, -0.2) is 10.4 Å². The van der Waals surface area contributed by atoms with Crippen molar-refractivity contribution in [2.45, 2.75) is 12.3 Å². The third-order valence-electron chi connectivity index (χ3n) is 11.1. The lowest BCUT2D eigenvalue weighted by molar-refractivity contribution is 0.408. The molecule has 2 unspecified atom stereocenters. The lowest BCUT2D eigenvalue weighted by Gasteiger charge is -2.33. The molecule has 0 fully saturated rings. The Kier molecular flexibility index (Phi) is 7.87. The second-order valence-corrected chi connectivity index (χ2v) is 15.5. The van der Waals surface area contributed by atoms with Crippen molar-refractivity contribution in [3.63, 3.8) is 0 Å². The predicted octanol–water partition coefficient (Wildman–Crippen LogP) is 12.8. The van der Waals surface area contributed by atoms with E-state index in [2.05, 4.69) is 209 Å². The topological polar surface area (TPSA) is 41.4 Å². The van der Waals surface area contributed by atoms with E-state index in [1.54, 1.807) is 0 Å². The Morgan fingerprint density at radius 3 is 1.91 bits per heavy atom. The van der Waals surface area contributed by atoms with E-state index in [9.17, 15) is 0 Å². The molecule has 1 aliphatic rings. The van der Waals surface area contributed by atoms with Crippen LogP contribution in [0.4, 0.5) is 0 Å². The van der Waals surface area contributed by atoms with Crippen LogP contribution in [0.1, 0.15) is 29.0 Å². The Morgan fingerprint density at radius 2 is 1.12 bits per heavy atom. The van der Waals surface area contributed by atoms with Gasteiger partial charge in [0, 0.05) is 42.1 Å². The zero-order valence-corrected chi connectivity index (χ0v) is 31.2.